The Morgan fingerprint density at radius 3 is 2.46 bits per heavy atom. The average Bonchev–Trinajstić information content (AvgIpc) is 2.71. The Bertz CT molecular complexity index is 942. The zero-order valence-corrected chi connectivity index (χ0v) is 16.8. The van der Waals surface area contributed by atoms with Crippen LogP contribution >= 0.6 is 0 Å². The molecule has 8 heteroatoms. The number of carbonyl (C=O) groups excluding carboxylic acids is 1. The highest BCUT2D eigenvalue weighted by Crippen LogP contribution is 2.25. The van der Waals surface area contributed by atoms with Gasteiger partial charge in [-0.3, -0.25) is 9.10 Å². The van der Waals surface area contributed by atoms with E-state index in [1.54, 1.807) is 50.6 Å². The first-order valence-electron chi connectivity index (χ1n) is 9.04. The maximum atomic E-state index is 12.5. The van der Waals surface area contributed by atoms with Crippen molar-refractivity contribution >= 4 is 21.6 Å². The van der Waals surface area contributed by atoms with E-state index in [-0.39, 0.29) is 18.2 Å². The van der Waals surface area contributed by atoms with Gasteiger partial charge in [0.2, 0.25) is 10.0 Å². The molecule has 0 aliphatic carbocycles. The lowest BCUT2D eigenvalue weighted by atomic mass is 10.1. The molecule has 150 valence electrons. The number of hydrogen-bond acceptors (Lipinski definition) is 5. The van der Waals surface area contributed by atoms with Crippen LogP contribution in [0.25, 0.3) is 0 Å². The first-order valence-corrected chi connectivity index (χ1v) is 10.6. The topological polar surface area (TPSA) is 84.9 Å². The monoisotopic (exact) mass is 404 g/mol. The minimum Gasteiger partial charge on any atom is -0.497 e. The molecule has 1 fully saturated rings. The van der Waals surface area contributed by atoms with Gasteiger partial charge in [0.25, 0.3) is 5.91 Å². The molecule has 7 nitrogen and oxygen atoms in total. The molecule has 0 saturated carbocycles. The van der Waals surface area contributed by atoms with Crippen LogP contribution < -0.4 is 19.1 Å². The Labute approximate surface area is 165 Å². The van der Waals surface area contributed by atoms with Crippen molar-refractivity contribution in [2.45, 2.75) is 19.4 Å². The van der Waals surface area contributed by atoms with Gasteiger partial charge >= 0.3 is 0 Å². The Kier molecular flexibility index (Phi) is 6.08. The summed E-state index contributed by atoms with van der Waals surface area (Å²) in [6, 6.07) is 12.0. The van der Waals surface area contributed by atoms with Gasteiger partial charge in [0.05, 0.1) is 25.7 Å². The lowest BCUT2D eigenvalue weighted by molar-refractivity contribution is 0.0950. The van der Waals surface area contributed by atoms with Crippen LogP contribution in [0.1, 0.15) is 28.8 Å². The SMILES string of the molecule is COc1ccc(OC)c(CNC(=O)c2ccc(N3CCCCS3(=O)=O)cc2)c1. The Morgan fingerprint density at radius 1 is 1.07 bits per heavy atom. The predicted octanol–water partition coefficient (Wildman–Crippen LogP) is 2.56. The van der Waals surface area contributed by atoms with Gasteiger partial charge in [0.15, 0.2) is 0 Å². The van der Waals surface area contributed by atoms with Gasteiger partial charge in [-0.15, -0.1) is 0 Å². The number of sulfonamides is 1. The first kappa shape index (κ1) is 20.0. The lowest BCUT2D eigenvalue weighted by Gasteiger charge is -2.28. The third kappa shape index (κ3) is 4.39. The molecule has 1 heterocycles. The van der Waals surface area contributed by atoms with Crippen molar-refractivity contribution in [3.63, 3.8) is 0 Å². The van der Waals surface area contributed by atoms with Crippen LogP contribution in [0.15, 0.2) is 42.5 Å². The molecular formula is C20H24N2O5S. The van der Waals surface area contributed by atoms with Crippen molar-refractivity contribution in [2.75, 3.05) is 30.8 Å². The zero-order valence-electron chi connectivity index (χ0n) is 16.0. The summed E-state index contributed by atoms with van der Waals surface area (Å²) in [4.78, 5) is 12.5. The minimum absolute atomic E-state index is 0.164. The number of amides is 1. The molecule has 1 saturated heterocycles. The molecular weight excluding hydrogens is 380 g/mol. The summed E-state index contributed by atoms with van der Waals surface area (Å²) in [6.07, 6.45) is 1.52. The summed E-state index contributed by atoms with van der Waals surface area (Å²) in [5.41, 5.74) is 1.84. The van der Waals surface area contributed by atoms with Gasteiger partial charge in [-0.25, -0.2) is 8.42 Å². The Balaban J connectivity index is 1.69. The molecule has 1 amide bonds. The Hall–Kier alpha value is -2.74. The van der Waals surface area contributed by atoms with E-state index in [0.29, 0.717) is 35.7 Å². The van der Waals surface area contributed by atoms with Crippen molar-refractivity contribution in [2.24, 2.45) is 0 Å². The van der Waals surface area contributed by atoms with Crippen molar-refractivity contribution in [3.8, 4) is 11.5 Å². The number of hydrogen-bond donors (Lipinski definition) is 1. The highest BCUT2D eigenvalue weighted by molar-refractivity contribution is 7.92. The number of methoxy groups -OCH3 is 2. The summed E-state index contributed by atoms with van der Waals surface area (Å²) in [5, 5.41) is 2.85. The smallest absolute Gasteiger partial charge is 0.251 e. The molecule has 3 rings (SSSR count). The first-order chi connectivity index (χ1) is 13.4. The predicted molar refractivity (Wildman–Crippen MR) is 108 cm³/mol. The van der Waals surface area contributed by atoms with Crippen molar-refractivity contribution < 1.29 is 22.7 Å². The number of benzene rings is 2. The number of nitrogens with zero attached hydrogens (tertiary/aromatic N) is 1. The summed E-state index contributed by atoms with van der Waals surface area (Å²) >= 11 is 0. The minimum atomic E-state index is -3.26. The number of rotatable bonds is 6. The number of anilines is 1. The second-order valence-corrected chi connectivity index (χ2v) is 8.52. The number of carbonyl (C=O) groups is 1. The largest absolute Gasteiger partial charge is 0.497 e. The molecule has 0 radical (unpaired) electrons. The molecule has 1 aliphatic rings. The molecule has 28 heavy (non-hydrogen) atoms. The molecule has 1 N–H and O–H groups in total. The van der Waals surface area contributed by atoms with Gasteiger partial charge in [0, 0.05) is 24.2 Å². The lowest BCUT2D eigenvalue weighted by Crippen LogP contribution is -2.37. The van der Waals surface area contributed by atoms with Gasteiger partial charge in [-0.2, -0.15) is 0 Å². The van der Waals surface area contributed by atoms with E-state index >= 15 is 0 Å². The van der Waals surface area contributed by atoms with Crippen molar-refractivity contribution in [1.29, 1.82) is 0 Å². The highest BCUT2D eigenvalue weighted by Gasteiger charge is 2.26. The third-order valence-corrected chi connectivity index (χ3v) is 6.56. The Morgan fingerprint density at radius 2 is 1.82 bits per heavy atom. The fraction of sp³-hybridized carbons (Fsp3) is 0.350. The van der Waals surface area contributed by atoms with Crippen molar-refractivity contribution in [3.05, 3.63) is 53.6 Å². The summed E-state index contributed by atoms with van der Waals surface area (Å²) in [7, 11) is -0.116. The van der Waals surface area contributed by atoms with E-state index in [9.17, 15) is 13.2 Å². The molecule has 2 aromatic rings. The fourth-order valence-corrected chi connectivity index (χ4v) is 4.80. The van der Waals surface area contributed by atoms with Crippen LogP contribution in [0.4, 0.5) is 5.69 Å². The molecule has 0 unspecified atom stereocenters. The van der Waals surface area contributed by atoms with Gasteiger partial charge in [0.1, 0.15) is 11.5 Å². The maximum Gasteiger partial charge on any atom is 0.251 e. The van der Waals surface area contributed by atoms with Gasteiger partial charge in [-0.1, -0.05) is 0 Å². The van der Waals surface area contributed by atoms with E-state index in [1.165, 1.54) is 4.31 Å². The van der Waals surface area contributed by atoms with Gasteiger partial charge < -0.3 is 14.8 Å². The number of ether oxygens (including phenoxy) is 2. The maximum absolute atomic E-state index is 12.5. The van der Waals surface area contributed by atoms with E-state index in [1.807, 2.05) is 6.07 Å². The summed E-state index contributed by atoms with van der Waals surface area (Å²) < 4.78 is 36.3. The van der Waals surface area contributed by atoms with Crippen molar-refractivity contribution in [1.82, 2.24) is 5.32 Å². The fourth-order valence-electron chi connectivity index (χ4n) is 3.16. The highest BCUT2D eigenvalue weighted by atomic mass is 32.2. The molecule has 0 aromatic heterocycles. The van der Waals surface area contributed by atoms with E-state index in [0.717, 1.165) is 12.0 Å². The molecule has 2 aromatic carbocycles. The van der Waals surface area contributed by atoms with Crippen LogP contribution in [-0.2, 0) is 16.6 Å². The van der Waals surface area contributed by atoms with Gasteiger partial charge in [-0.05, 0) is 55.3 Å². The van der Waals surface area contributed by atoms with Crippen LogP contribution in [-0.4, -0.2) is 40.8 Å². The van der Waals surface area contributed by atoms with Crippen LogP contribution in [0.2, 0.25) is 0 Å². The molecule has 0 spiro atoms. The van der Waals surface area contributed by atoms with E-state index in [4.69, 9.17) is 9.47 Å². The van der Waals surface area contributed by atoms with E-state index in [2.05, 4.69) is 5.32 Å². The molecule has 1 aliphatic heterocycles. The quantitative estimate of drug-likeness (QED) is 0.800. The van der Waals surface area contributed by atoms with Crippen LogP contribution in [0.3, 0.4) is 0 Å². The zero-order chi connectivity index (χ0) is 20.1. The normalized spacial score (nSPS) is 15.7. The molecule has 0 bridgehead atoms. The standard InChI is InChI=1S/C20H24N2O5S/c1-26-18-9-10-19(27-2)16(13-18)14-21-20(23)15-5-7-17(8-6-15)22-11-3-4-12-28(22,24)25/h5-10,13H,3-4,11-12,14H2,1-2H3,(H,21,23). The van der Waals surface area contributed by atoms with Crippen LogP contribution in [0, 0.1) is 0 Å². The summed E-state index contributed by atoms with van der Waals surface area (Å²) in [6.45, 7) is 0.755. The molecule has 0 atom stereocenters. The summed E-state index contributed by atoms with van der Waals surface area (Å²) in [5.74, 6) is 1.25. The van der Waals surface area contributed by atoms with E-state index < -0.39 is 10.0 Å². The average molecular weight is 404 g/mol. The second-order valence-electron chi connectivity index (χ2n) is 6.50. The van der Waals surface area contributed by atoms with Crippen LogP contribution in [0.5, 0.6) is 11.5 Å². The number of nitrogens with one attached hydrogen (secondary N) is 1. The third-order valence-electron chi connectivity index (χ3n) is 4.69. The second kappa shape index (κ2) is 8.52.